The Balaban J connectivity index is 2.40. The van der Waals surface area contributed by atoms with Crippen LogP contribution in [0.2, 0.25) is 0 Å². The molecular weight excluding hydrogens is 268 g/mol. The molecule has 1 unspecified atom stereocenters. The molecule has 0 fully saturated rings. The number of ether oxygens (including phenoxy) is 1. The maximum Gasteiger partial charge on any atom is 0.304 e. The first-order valence-corrected chi connectivity index (χ1v) is 7.12. The number of carboxylic acid groups (broad SMARTS) is 1. The summed E-state index contributed by atoms with van der Waals surface area (Å²) in [5.41, 5.74) is 0.578. The average molecular weight is 277 g/mol. The molecule has 5 nitrogen and oxygen atoms in total. The van der Waals surface area contributed by atoms with E-state index in [9.17, 15) is 13.2 Å². The van der Waals surface area contributed by atoms with Crippen molar-refractivity contribution in [2.75, 3.05) is 6.61 Å². The van der Waals surface area contributed by atoms with Crippen LogP contribution in [-0.2, 0) is 13.8 Å². The number of hydrogen-bond acceptors (Lipinski definition) is 4. The fourth-order valence-corrected chi connectivity index (χ4v) is 2.57. The summed E-state index contributed by atoms with van der Waals surface area (Å²) in [5, 5.41) is 8.73. The van der Waals surface area contributed by atoms with E-state index in [1.165, 1.54) is 18.2 Å². The maximum absolute atomic E-state index is 11.2. The van der Waals surface area contributed by atoms with Gasteiger partial charge in [-0.1, -0.05) is 0 Å². The summed E-state index contributed by atoms with van der Waals surface area (Å²) < 4.78 is 27.6. The lowest BCUT2D eigenvalue weighted by molar-refractivity contribution is -0.137. The second kappa shape index (κ2) is 4.19. The molecule has 0 saturated heterocycles. The van der Waals surface area contributed by atoms with Gasteiger partial charge in [-0.2, -0.15) is 0 Å². The first-order valence-electron chi connectivity index (χ1n) is 4.81. The third-order valence-electron chi connectivity index (χ3n) is 2.56. The van der Waals surface area contributed by atoms with E-state index >= 15 is 0 Å². The van der Waals surface area contributed by atoms with Crippen molar-refractivity contribution in [2.24, 2.45) is 0 Å². The lowest BCUT2D eigenvalue weighted by atomic mass is 9.98. The Labute approximate surface area is 102 Å². The number of carboxylic acids is 1. The molecule has 0 aliphatic carbocycles. The minimum atomic E-state index is -3.81. The molecule has 92 valence electrons. The molecular formula is C10H9ClO5S. The zero-order valence-electron chi connectivity index (χ0n) is 8.59. The van der Waals surface area contributed by atoms with E-state index in [0.717, 1.165) is 0 Å². The number of fused-ring (bicyclic) bond motifs is 1. The molecule has 0 radical (unpaired) electrons. The molecule has 0 amide bonds. The Morgan fingerprint density at radius 2 is 2.24 bits per heavy atom. The van der Waals surface area contributed by atoms with Crippen LogP contribution in [0.3, 0.4) is 0 Å². The van der Waals surface area contributed by atoms with Gasteiger partial charge in [0.05, 0.1) is 17.9 Å². The van der Waals surface area contributed by atoms with E-state index in [2.05, 4.69) is 0 Å². The highest BCUT2D eigenvalue weighted by Gasteiger charge is 2.27. The molecule has 1 heterocycles. The molecule has 1 aliphatic heterocycles. The summed E-state index contributed by atoms with van der Waals surface area (Å²) in [6.07, 6.45) is -0.0984. The smallest absolute Gasteiger partial charge is 0.304 e. The first-order chi connectivity index (χ1) is 7.88. The second-order valence-corrected chi connectivity index (χ2v) is 6.31. The summed E-state index contributed by atoms with van der Waals surface area (Å²) in [6.45, 7) is 0.243. The monoisotopic (exact) mass is 276 g/mol. The van der Waals surface area contributed by atoms with Crippen molar-refractivity contribution in [3.63, 3.8) is 0 Å². The fourth-order valence-electron chi connectivity index (χ4n) is 1.79. The molecule has 1 aromatic carbocycles. The van der Waals surface area contributed by atoms with Gasteiger partial charge in [0.1, 0.15) is 5.75 Å². The standard InChI is InChI=1S/C10H9ClO5S/c11-17(14,15)7-1-2-9-8(4-7)6(5-16-9)3-10(12)13/h1-2,4,6H,3,5H2,(H,12,13). The Kier molecular flexibility index (Phi) is 3.01. The van der Waals surface area contributed by atoms with Crippen molar-refractivity contribution in [1.29, 1.82) is 0 Å². The van der Waals surface area contributed by atoms with Gasteiger partial charge in [-0.3, -0.25) is 4.79 Å². The zero-order valence-corrected chi connectivity index (χ0v) is 10.2. The molecule has 2 rings (SSSR count). The number of carbonyl (C=O) groups is 1. The molecule has 1 aliphatic rings. The van der Waals surface area contributed by atoms with E-state index < -0.39 is 15.0 Å². The molecule has 0 spiro atoms. The van der Waals surface area contributed by atoms with Crippen LogP contribution >= 0.6 is 10.7 Å². The Morgan fingerprint density at radius 1 is 1.53 bits per heavy atom. The number of aliphatic carboxylic acids is 1. The van der Waals surface area contributed by atoms with Gasteiger partial charge < -0.3 is 9.84 Å². The second-order valence-electron chi connectivity index (χ2n) is 3.74. The summed E-state index contributed by atoms with van der Waals surface area (Å²) in [5.74, 6) is -0.772. The predicted octanol–water partition coefficient (Wildman–Crippen LogP) is 1.56. The minimum absolute atomic E-state index is 0.0428. The molecule has 1 atom stereocenters. The van der Waals surface area contributed by atoms with Crippen LogP contribution in [-0.4, -0.2) is 26.1 Å². The normalized spacial score (nSPS) is 18.5. The highest BCUT2D eigenvalue weighted by Crippen LogP contribution is 2.37. The van der Waals surface area contributed by atoms with Gasteiger partial charge in [-0.05, 0) is 18.2 Å². The average Bonchev–Trinajstić information content (AvgIpc) is 2.59. The van der Waals surface area contributed by atoms with Crippen molar-refractivity contribution in [3.05, 3.63) is 23.8 Å². The predicted molar refractivity (Wildman–Crippen MR) is 60.0 cm³/mol. The summed E-state index contributed by atoms with van der Waals surface area (Å²) in [7, 11) is 1.42. The van der Waals surface area contributed by atoms with Crippen LogP contribution in [0.4, 0.5) is 0 Å². The summed E-state index contributed by atoms with van der Waals surface area (Å²) in [4.78, 5) is 10.6. The summed E-state index contributed by atoms with van der Waals surface area (Å²) >= 11 is 0. The van der Waals surface area contributed by atoms with Crippen LogP contribution in [0.1, 0.15) is 17.9 Å². The van der Waals surface area contributed by atoms with Crippen molar-refractivity contribution in [2.45, 2.75) is 17.2 Å². The van der Waals surface area contributed by atoms with Crippen molar-refractivity contribution < 1.29 is 23.1 Å². The van der Waals surface area contributed by atoms with Gasteiger partial charge in [0.25, 0.3) is 9.05 Å². The van der Waals surface area contributed by atoms with Crippen LogP contribution in [0.15, 0.2) is 23.1 Å². The Bertz CT molecular complexity index is 566. The van der Waals surface area contributed by atoms with Gasteiger partial charge in [0.15, 0.2) is 0 Å². The van der Waals surface area contributed by atoms with E-state index in [1.54, 1.807) is 0 Å². The molecule has 7 heteroatoms. The highest BCUT2D eigenvalue weighted by molar-refractivity contribution is 8.13. The van der Waals surface area contributed by atoms with E-state index in [-0.39, 0.29) is 23.8 Å². The molecule has 0 bridgehead atoms. The topological polar surface area (TPSA) is 80.7 Å². The van der Waals surface area contributed by atoms with E-state index in [0.29, 0.717) is 11.3 Å². The molecule has 1 N–H and O–H groups in total. The molecule has 17 heavy (non-hydrogen) atoms. The van der Waals surface area contributed by atoms with Crippen molar-refractivity contribution in [1.82, 2.24) is 0 Å². The molecule has 0 saturated carbocycles. The fraction of sp³-hybridized carbons (Fsp3) is 0.300. The van der Waals surface area contributed by atoms with E-state index in [1.807, 2.05) is 0 Å². The van der Waals surface area contributed by atoms with Gasteiger partial charge in [0.2, 0.25) is 0 Å². The highest BCUT2D eigenvalue weighted by atomic mass is 35.7. The van der Waals surface area contributed by atoms with Gasteiger partial charge in [-0.25, -0.2) is 8.42 Å². The van der Waals surface area contributed by atoms with Crippen molar-refractivity contribution in [3.8, 4) is 5.75 Å². The number of halogens is 1. The number of hydrogen-bond donors (Lipinski definition) is 1. The Hall–Kier alpha value is -1.27. The quantitative estimate of drug-likeness (QED) is 0.848. The van der Waals surface area contributed by atoms with E-state index in [4.69, 9.17) is 20.5 Å². The van der Waals surface area contributed by atoms with Gasteiger partial charge in [0, 0.05) is 22.2 Å². The van der Waals surface area contributed by atoms with Gasteiger partial charge in [-0.15, -0.1) is 0 Å². The van der Waals surface area contributed by atoms with Crippen LogP contribution in [0, 0.1) is 0 Å². The third-order valence-corrected chi connectivity index (χ3v) is 3.92. The van der Waals surface area contributed by atoms with Crippen LogP contribution in [0.5, 0.6) is 5.75 Å². The SMILES string of the molecule is O=C(O)CC1COc2ccc(S(=O)(=O)Cl)cc21. The minimum Gasteiger partial charge on any atom is -0.493 e. The number of rotatable bonds is 3. The number of benzene rings is 1. The lowest BCUT2D eigenvalue weighted by Crippen LogP contribution is -2.07. The summed E-state index contributed by atoms with van der Waals surface area (Å²) in [6, 6.07) is 4.20. The van der Waals surface area contributed by atoms with Crippen LogP contribution < -0.4 is 4.74 Å². The third kappa shape index (κ3) is 2.53. The van der Waals surface area contributed by atoms with Crippen LogP contribution in [0.25, 0.3) is 0 Å². The zero-order chi connectivity index (χ0) is 12.6. The maximum atomic E-state index is 11.2. The van der Waals surface area contributed by atoms with Gasteiger partial charge >= 0.3 is 5.97 Å². The first kappa shape index (κ1) is 12.2. The van der Waals surface area contributed by atoms with Crippen molar-refractivity contribution >= 4 is 25.7 Å². The lowest BCUT2D eigenvalue weighted by Gasteiger charge is -2.05. The largest absolute Gasteiger partial charge is 0.493 e. The molecule has 1 aromatic rings. The molecule has 0 aromatic heterocycles. The Morgan fingerprint density at radius 3 is 2.82 bits per heavy atom.